The van der Waals surface area contributed by atoms with Crippen LogP contribution in [0.1, 0.15) is 64.8 Å². The maximum atomic E-state index is 14.5. The van der Waals surface area contributed by atoms with Gasteiger partial charge in [0.2, 0.25) is 5.91 Å². The van der Waals surface area contributed by atoms with Gasteiger partial charge in [0.25, 0.3) is 5.91 Å². The van der Waals surface area contributed by atoms with Crippen LogP contribution < -0.4 is 5.73 Å². The Morgan fingerprint density at radius 1 is 0.935 bits per heavy atom. The van der Waals surface area contributed by atoms with Gasteiger partial charge in [-0.15, -0.1) is 0 Å². The van der Waals surface area contributed by atoms with Crippen LogP contribution in [0.25, 0.3) is 0 Å². The van der Waals surface area contributed by atoms with Crippen molar-refractivity contribution in [2.45, 2.75) is 37.8 Å². The Balaban J connectivity index is 1.82. The molecule has 1 fully saturated rings. The molecule has 0 bridgehead atoms. The molecular formula is C26H25FN2O2. The van der Waals surface area contributed by atoms with Crippen LogP contribution in [0.15, 0.2) is 78.9 Å². The van der Waals surface area contributed by atoms with Crippen LogP contribution in [0, 0.1) is 5.82 Å². The lowest BCUT2D eigenvalue weighted by molar-refractivity contribution is -0.123. The van der Waals surface area contributed by atoms with Gasteiger partial charge in [0.05, 0.1) is 6.04 Å². The summed E-state index contributed by atoms with van der Waals surface area (Å²) in [5, 5.41) is 0. The fourth-order valence-corrected chi connectivity index (χ4v) is 4.03. The summed E-state index contributed by atoms with van der Waals surface area (Å²) in [7, 11) is 0. The summed E-state index contributed by atoms with van der Waals surface area (Å²) in [5.74, 6) is -0.950. The normalized spacial score (nSPS) is 15.2. The Labute approximate surface area is 181 Å². The van der Waals surface area contributed by atoms with E-state index in [1.807, 2.05) is 25.1 Å². The lowest BCUT2D eigenvalue weighted by Crippen LogP contribution is -2.43. The number of amides is 2. The van der Waals surface area contributed by atoms with Gasteiger partial charge >= 0.3 is 0 Å². The molecule has 0 spiro atoms. The van der Waals surface area contributed by atoms with E-state index in [9.17, 15) is 14.0 Å². The average Bonchev–Trinajstić information content (AvgIpc) is 3.62. The molecule has 1 aliphatic carbocycles. The van der Waals surface area contributed by atoms with E-state index in [2.05, 4.69) is 0 Å². The summed E-state index contributed by atoms with van der Waals surface area (Å²) < 4.78 is 14.5. The number of primary amides is 1. The van der Waals surface area contributed by atoms with Crippen LogP contribution in [-0.2, 0) is 4.79 Å². The number of carbonyl (C=O) groups excluding carboxylic acids is 2. The minimum atomic E-state index is -0.989. The molecule has 0 saturated heterocycles. The Hall–Kier alpha value is -3.47. The number of benzene rings is 3. The topological polar surface area (TPSA) is 63.4 Å². The zero-order chi connectivity index (χ0) is 22.0. The average molecular weight is 416 g/mol. The molecule has 0 aromatic heterocycles. The smallest absolute Gasteiger partial charge is 0.255 e. The quantitative estimate of drug-likeness (QED) is 0.580. The van der Waals surface area contributed by atoms with Crippen LogP contribution in [0.2, 0.25) is 0 Å². The third-order valence-electron chi connectivity index (χ3n) is 5.81. The molecule has 2 atom stereocenters. The second-order valence-corrected chi connectivity index (χ2v) is 8.06. The second-order valence-electron chi connectivity index (χ2n) is 8.06. The Bertz CT molecular complexity index is 1080. The summed E-state index contributed by atoms with van der Waals surface area (Å²) in [6.07, 6.45) is 2.08. The summed E-state index contributed by atoms with van der Waals surface area (Å²) in [6.45, 7) is 1.81. The minimum Gasteiger partial charge on any atom is -0.368 e. The fourth-order valence-electron chi connectivity index (χ4n) is 4.03. The van der Waals surface area contributed by atoms with E-state index in [1.54, 1.807) is 54.6 Å². The summed E-state index contributed by atoms with van der Waals surface area (Å²) in [5.41, 5.74) is 8.45. The first kappa shape index (κ1) is 20.8. The van der Waals surface area contributed by atoms with Crippen LogP contribution in [-0.4, -0.2) is 16.7 Å². The van der Waals surface area contributed by atoms with Gasteiger partial charge in [0, 0.05) is 5.56 Å². The number of rotatable bonds is 7. The van der Waals surface area contributed by atoms with Crippen LogP contribution in [0.5, 0.6) is 0 Å². The van der Waals surface area contributed by atoms with Gasteiger partial charge < -0.3 is 10.6 Å². The van der Waals surface area contributed by atoms with E-state index in [0.717, 1.165) is 18.4 Å². The predicted molar refractivity (Wildman–Crippen MR) is 118 cm³/mol. The van der Waals surface area contributed by atoms with Gasteiger partial charge in [-0.05, 0) is 66.6 Å². The molecule has 5 heteroatoms. The molecule has 2 N–H and O–H groups in total. The first-order chi connectivity index (χ1) is 15.0. The van der Waals surface area contributed by atoms with Gasteiger partial charge in [-0.1, -0.05) is 54.6 Å². The lowest BCUT2D eigenvalue weighted by atomic mass is 9.96. The molecule has 4 nitrogen and oxygen atoms in total. The number of carbonyl (C=O) groups is 2. The van der Waals surface area contributed by atoms with E-state index >= 15 is 0 Å². The molecule has 1 aliphatic rings. The van der Waals surface area contributed by atoms with Crippen molar-refractivity contribution in [3.8, 4) is 0 Å². The molecule has 3 aromatic rings. The van der Waals surface area contributed by atoms with Gasteiger partial charge in [0.15, 0.2) is 0 Å². The minimum absolute atomic E-state index is 0.335. The molecule has 4 rings (SSSR count). The number of nitrogens with two attached hydrogens (primary N) is 1. The number of hydrogen-bond acceptors (Lipinski definition) is 2. The molecule has 0 unspecified atom stereocenters. The molecule has 1 saturated carbocycles. The highest BCUT2D eigenvalue weighted by atomic mass is 19.1. The van der Waals surface area contributed by atoms with Crippen molar-refractivity contribution in [3.63, 3.8) is 0 Å². The van der Waals surface area contributed by atoms with Crippen LogP contribution >= 0.6 is 0 Å². The molecular weight excluding hydrogens is 391 g/mol. The highest BCUT2D eigenvalue weighted by Crippen LogP contribution is 2.42. The molecule has 2 amide bonds. The number of hydrogen-bond donors (Lipinski definition) is 1. The predicted octanol–water partition coefficient (Wildman–Crippen LogP) is 5.13. The van der Waals surface area contributed by atoms with Gasteiger partial charge in [-0.2, -0.15) is 0 Å². The lowest BCUT2D eigenvalue weighted by Gasteiger charge is -2.36. The largest absolute Gasteiger partial charge is 0.368 e. The maximum absolute atomic E-state index is 14.5. The van der Waals surface area contributed by atoms with Crippen molar-refractivity contribution in [2.24, 2.45) is 5.73 Å². The van der Waals surface area contributed by atoms with Crippen molar-refractivity contribution in [2.75, 3.05) is 0 Å². The highest BCUT2D eigenvalue weighted by molar-refractivity contribution is 5.98. The summed E-state index contributed by atoms with van der Waals surface area (Å²) in [6, 6.07) is 21.1. The number of nitrogens with zero attached hydrogens (tertiary/aromatic N) is 1. The molecule has 0 aliphatic heterocycles. The molecule has 0 heterocycles. The van der Waals surface area contributed by atoms with Crippen molar-refractivity contribution in [3.05, 3.63) is 107 Å². The van der Waals surface area contributed by atoms with Gasteiger partial charge in [0.1, 0.15) is 11.9 Å². The molecule has 31 heavy (non-hydrogen) atoms. The van der Waals surface area contributed by atoms with Crippen LogP contribution in [0.3, 0.4) is 0 Å². The molecule has 3 aromatic carbocycles. The Kier molecular flexibility index (Phi) is 5.85. The molecule has 0 radical (unpaired) electrons. The van der Waals surface area contributed by atoms with Crippen molar-refractivity contribution < 1.29 is 14.0 Å². The number of halogens is 1. The summed E-state index contributed by atoms with van der Waals surface area (Å²) in [4.78, 5) is 27.7. The van der Waals surface area contributed by atoms with Crippen molar-refractivity contribution in [1.29, 1.82) is 0 Å². The second kappa shape index (κ2) is 8.72. The summed E-state index contributed by atoms with van der Waals surface area (Å²) >= 11 is 0. The standard InChI is InChI=1S/C26H25FN2O2/c1-17(21-14-22(18-12-13-18)16-23(27)15-21)29(26(31)20-10-6-3-7-11-20)24(25(28)30)19-8-4-2-5-9-19/h2-11,14-18,24H,12-13H2,1H3,(H2,28,30)/t17-,24-/m1/s1. The first-order valence-corrected chi connectivity index (χ1v) is 10.5. The van der Waals surface area contributed by atoms with E-state index in [1.165, 1.54) is 11.0 Å². The van der Waals surface area contributed by atoms with Crippen LogP contribution in [0.4, 0.5) is 4.39 Å². The van der Waals surface area contributed by atoms with E-state index < -0.39 is 18.0 Å². The van der Waals surface area contributed by atoms with Gasteiger partial charge in [-0.3, -0.25) is 9.59 Å². The van der Waals surface area contributed by atoms with E-state index in [-0.39, 0.29) is 11.7 Å². The van der Waals surface area contributed by atoms with Crippen molar-refractivity contribution >= 4 is 11.8 Å². The van der Waals surface area contributed by atoms with E-state index in [0.29, 0.717) is 22.6 Å². The Morgan fingerprint density at radius 2 is 1.55 bits per heavy atom. The molecule has 158 valence electrons. The third kappa shape index (κ3) is 4.50. The maximum Gasteiger partial charge on any atom is 0.255 e. The fraction of sp³-hybridized carbons (Fsp3) is 0.231. The van der Waals surface area contributed by atoms with Crippen molar-refractivity contribution in [1.82, 2.24) is 4.90 Å². The SMILES string of the molecule is C[C@H](c1cc(F)cc(C2CC2)c1)N(C(=O)c1ccccc1)[C@@H](C(N)=O)c1ccccc1. The zero-order valence-corrected chi connectivity index (χ0v) is 17.4. The van der Waals surface area contributed by atoms with E-state index in [4.69, 9.17) is 5.73 Å². The first-order valence-electron chi connectivity index (χ1n) is 10.5. The monoisotopic (exact) mass is 416 g/mol. The van der Waals surface area contributed by atoms with Gasteiger partial charge in [-0.25, -0.2) is 4.39 Å². The third-order valence-corrected chi connectivity index (χ3v) is 5.81. The highest BCUT2D eigenvalue weighted by Gasteiger charge is 2.35. The zero-order valence-electron chi connectivity index (χ0n) is 17.4. The Morgan fingerprint density at radius 3 is 2.13 bits per heavy atom.